The predicted molar refractivity (Wildman–Crippen MR) is 63.1 cm³/mol. The molecule has 0 saturated heterocycles. The lowest BCUT2D eigenvalue weighted by atomic mass is 10.2. The number of carboxylic acid groups (broad SMARTS) is 1. The summed E-state index contributed by atoms with van der Waals surface area (Å²) in [7, 11) is 0. The molecule has 6 nitrogen and oxygen atoms in total. The van der Waals surface area contributed by atoms with Gasteiger partial charge >= 0.3 is 5.97 Å². The molecule has 2 rings (SSSR count). The fraction of sp³-hybridized carbons (Fsp3) is 0.100. The summed E-state index contributed by atoms with van der Waals surface area (Å²) >= 11 is 1.13. The van der Waals surface area contributed by atoms with Gasteiger partial charge in [-0.25, -0.2) is 9.78 Å². The van der Waals surface area contributed by atoms with E-state index in [1.165, 1.54) is 6.07 Å². The van der Waals surface area contributed by atoms with Crippen molar-refractivity contribution >= 4 is 23.4 Å². The highest BCUT2D eigenvalue weighted by Crippen LogP contribution is 2.32. The molecule has 7 heteroatoms. The number of carboxylic acids is 1. The summed E-state index contributed by atoms with van der Waals surface area (Å²) in [5.74, 6) is -0.356. The first kappa shape index (κ1) is 11.5. The van der Waals surface area contributed by atoms with E-state index in [0.717, 1.165) is 11.8 Å². The van der Waals surface area contributed by atoms with Crippen LogP contribution >= 0.6 is 11.8 Å². The molecule has 0 aliphatic heterocycles. The monoisotopic (exact) mass is 250 g/mol. The number of aryl methyl sites for hydroxylation is 1. The van der Waals surface area contributed by atoms with Crippen molar-refractivity contribution in [2.75, 3.05) is 5.73 Å². The number of rotatable bonds is 3. The van der Waals surface area contributed by atoms with Crippen LogP contribution in [-0.2, 0) is 0 Å². The summed E-state index contributed by atoms with van der Waals surface area (Å²) in [5.41, 5.74) is 6.31. The number of aromatic carboxylic acids is 1. The van der Waals surface area contributed by atoms with Crippen LogP contribution in [0.25, 0.3) is 0 Å². The van der Waals surface area contributed by atoms with Crippen LogP contribution in [0.5, 0.6) is 0 Å². The quantitative estimate of drug-likeness (QED) is 0.714. The average molecular weight is 250 g/mol. The van der Waals surface area contributed by atoms with E-state index in [0.29, 0.717) is 21.6 Å². The average Bonchev–Trinajstić information content (AvgIpc) is 2.67. The molecular formula is C10H10N4O2S. The summed E-state index contributed by atoms with van der Waals surface area (Å²) in [6, 6.07) is 4.75. The van der Waals surface area contributed by atoms with E-state index >= 15 is 0 Å². The molecule has 0 aliphatic carbocycles. The Morgan fingerprint density at radius 3 is 2.88 bits per heavy atom. The molecule has 1 heterocycles. The number of benzene rings is 1. The Hall–Kier alpha value is -2.02. The molecule has 17 heavy (non-hydrogen) atoms. The van der Waals surface area contributed by atoms with E-state index in [-0.39, 0.29) is 5.56 Å². The second-order valence-corrected chi connectivity index (χ2v) is 4.31. The molecular weight excluding hydrogens is 240 g/mol. The van der Waals surface area contributed by atoms with Crippen LogP contribution in [0, 0.1) is 6.92 Å². The van der Waals surface area contributed by atoms with Gasteiger partial charge in [0.1, 0.15) is 5.82 Å². The number of aromatic amines is 1. The van der Waals surface area contributed by atoms with Crippen LogP contribution in [0.1, 0.15) is 16.2 Å². The molecule has 0 unspecified atom stereocenters. The highest BCUT2D eigenvalue weighted by Gasteiger charge is 2.15. The van der Waals surface area contributed by atoms with E-state index in [2.05, 4.69) is 15.2 Å². The van der Waals surface area contributed by atoms with Crippen LogP contribution in [-0.4, -0.2) is 26.3 Å². The first-order chi connectivity index (χ1) is 8.08. The number of H-pyrrole nitrogens is 1. The fourth-order valence-corrected chi connectivity index (χ4v) is 2.20. The van der Waals surface area contributed by atoms with Crippen LogP contribution < -0.4 is 5.73 Å². The molecule has 0 atom stereocenters. The van der Waals surface area contributed by atoms with Crippen molar-refractivity contribution in [2.24, 2.45) is 0 Å². The Morgan fingerprint density at radius 2 is 2.29 bits per heavy atom. The van der Waals surface area contributed by atoms with Gasteiger partial charge in [0, 0.05) is 5.69 Å². The molecule has 0 bridgehead atoms. The molecule has 1 aromatic heterocycles. The number of nitrogens with one attached hydrogen (secondary N) is 1. The standard InChI is InChI=1S/C10H10N4O2S/c1-5-12-10(14-13-5)17-8-6(9(15)16)3-2-4-7(8)11/h2-4H,11H2,1H3,(H,15,16)(H,12,13,14). The van der Waals surface area contributed by atoms with Crippen molar-refractivity contribution in [3.8, 4) is 0 Å². The summed E-state index contributed by atoms with van der Waals surface area (Å²) < 4.78 is 0. The molecule has 0 radical (unpaired) electrons. The zero-order valence-corrected chi connectivity index (χ0v) is 9.78. The van der Waals surface area contributed by atoms with Gasteiger partial charge in [0.15, 0.2) is 0 Å². The van der Waals surface area contributed by atoms with Gasteiger partial charge < -0.3 is 10.8 Å². The maximum atomic E-state index is 11.1. The van der Waals surface area contributed by atoms with Crippen LogP contribution in [0.15, 0.2) is 28.3 Å². The third-order valence-electron chi connectivity index (χ3n) is 2.05. The predicted octanol–water partition coefficient (Wildman–Crippen LogP) is 1.54. The van der Waals surface area contributed by atoms with E-state index in [1.54, 1.807) is 19.1 Å². The molecule has 1 aromatic carbocycles. The fourth-order valence-electron chi connectivity index (χ4n) is 1.30. The Balaban J connectivity index is 2.40. The van der Waals surface area contributed by atoms with Crippen molar-refractivity contribution in [2.45, 2.75) is 17.0 Å². The highest BCUT2D eigenvalue weighted by molar-refractivity contribution is 7.99. The van der Waals surface area contributed by atoms with Gasteiger partial charge in [-0.2, -0.15) is 0 Å². The lowest BCUT2D eigenvalue weighted by molar-refractivity contribution is 0.0693. The van der Waals surface area contributed by atoms with Crippen LogP contribution in [0.2, 0.25) is 0 Å². The van der Waals surface area contributed by atoms with E-state index in [4.69, 9.17) is 10.8 Å². The number of hydrogen-bond donors (Lipinski definition) is 3. The van der Waals surface area contributed by atoms with Gasteiger partial charge in [0.05, 0.1) is 10.5 Å². The molecule has 0 spiro atoms. The molecule has 0 aliphatic rings. The smallest absolute Gasteiger partial charge is 0.336 e. The molecule has 0 fully saturated rings. The third-order valence-corrected chi connectivity index (χ3v) is 3.07. The second-order valence-electron chi connectivity index (χ2n) is 3.33. The third kappa shape index (κ3) is 2.39. The second kappa shape index (κ2) is 4.46. The van der Waals surface area contributed by atoms with Gasteiger partial charge in [0.2, 0.25) is 5.16 Å². The lowest BCUT2D eigenvalue weighted by Gasteiger charge is -2.06. The SMILES string of the molecule is Cc1nc(Sc2c(N)cccc2C(=O)O)n[nH]1. The Kier molecular flexibility index (Phi) is 3.01. The lowest BCUT2D eigenvalue weighted by Crippen LogP contribution is -2.01. The van der Waals surface area contributed by atoms with Gasteiger partial charge in [-0.15, -0.1) is 5.10 Å². The number of hydrogen-bond acceptors (Lipinski definition) is 5. The molecule has 4 N–H and O–H groups in total. The van der Waals surface area contributed by atoms with Crippen molar-refractivity contribution in [1.29, 1.82) is 0 Å². The number of carbonyl (C=O) groups is 1. The van der Waals surface area contributed by atoms with E-state index in [9.17, 15) is 4.79 Å². The maximum Gasteiger partial charge on any atom is 0.336 e. The molecule has 0 amide bonds. The first-order valence-corrected chi connectivity index (χ1v) is 5.58. The van der Waals surface area contributed by atoms with Gasteiger partial charge in [-0.1, -0.05) is 6.07 Å². The summed E-state index contributed by atoms with van der Waals surface area (Å²) in [6.45, 7) is 1.77. The summed E-state index contributed by atoms with van der Waals surface area (Å²) in [4.78, 5) is 15.6. The number of nitrogens with zero attached hydrogens (tertiary/aromatic N) is 2. The minimum absolute atomic E-state index is 0.150. The van der Waals surface area contributed by atoms with E-state index < -0.39 is 5.97 Å². The number of nitrogens with two attached hydrogens (primary N) is 1. The largest absolute Gasteiger partial charge is 0.478 e. The first-order valence-electron chi connectivity index (χ1n) is 4.76. The Morgan fingerprint density at radius 1 is 1.53 bits per heavy atom. The van der Waals surface area contributed by atoms with E-state index in [1.807, 2.05) is 0 Å². The number of anilines is 1. The summed E-state index contributed by atoms with van der Waals surface area (Å²) in [5, 5.41) is 16.1. The Bertz CT molecular complexity index is 567. The number of aromatic nitrogens is 3. The van der Waals surface area contributed by atoms with Crippen molar-refractivity contribution in [1.82, 2.24) is 15.2 Å². The zero-order valence-electron chi connectivity index (χ0n) is 8.97. The topological polar surface area (TPSA) is 105 Å². The normalized spacial score (nSPS) is 10.4. The zero-order chi connectivity index (χ0) is 12.4. The van der Waals surface area contributed by atoms with Crippen molar-refractivity contribution in [3.63, 3.8) is 0 Å². The molecule has 2 aromatic rings. The van der Waals surface area contributed by atoms with Crippen molar-refractivity contribution < 1.29 is 9.90 Å². The van der Waals surface area contributed by atoms with Gasteiger partial charge in [0.25, 0.3) is 0 Å². The maximum absolute atomic E-state index is 11.1. The molecule has 88 valence electrons. The summed E-state index contributed by atoms with van der Waals surface area (Å²) in [6.07, 6.45) is 0. The van der Waals surface area contributed by atoms with Gasteiger partial charge in [-0.05, 0) is 30.8 Å². The minimum atomic E-state index is -1.02. The van der Waals surface area contributed by atoms with Gasteiger partial charge in [-0.3, -0.25) is 5.10 Å². The van der Waals surface area contributed by atoms with Crippen LogP contribution in [0.4, 0.5) is 5.69 Å². The highest BCUT2D eigenvalue weighted by atomic mass is 32.2. The van der Waals surface area contributed by atoms with Crippen molar-refractivity contribution in [3.05, 3.63) is 29.6 Å². The van der Waals surface area contributed by atoms with Crippen LogP contribution in [0.3, 0.4) is 0 Å². The number of nitrogen functional groups attached to an aromatic ring is 1. The Labute approximate surface area is 101 Å². The minimum Gasteiger partial charge on any atom is -0.478 e. The molecule has 0 saturated carbocycles.